The topological polar surface area (TPSA) is 81.9 Å². The van der Waals surface area contributed by atoms with Crippen molar-refractivity contribution in [1.82, 2.24) is 20.2 Å². The standard InChI is InChI=1S/C17H19N5O2/c1-2-9-24-12-6-3-5-11(10-12)16-15-13(7-4-8-14(15)23)18-17-19-20-21-22(16)17/h3,5-6,10,16H,2,4,7-9H2,1H3,(H,18,19,21). The first-order valence-corrected chi connectivity index (χ1v) is 8.32. The third kappa shape index (κ3) is 2.46. The van der Waals surface area contributed by atoms with Crippen molar-refractivity contribution in [2.45, 2.75) is 38.6 Å². The molecular weight excluding hydrogens is 306 g/mol. The first-order chi connectivity index (χ1) is 11.8. The molecule has 2 aliphatic rings. The van der Waals surface area contributed by atoms with Gasteiger partial charge in [-0.2, -0.15) is 4.68 Å². The number of benzene rings is 1. The van der Waals surface area contributed by atoms with Gasteiger partial charge < -0.3 is 10.1 Å². The van der Waals surface area contributed by atoms with Gasteiger partial charge in [-0.25, -0.2) is 0 Å². The van der Waals surface area contributed by atoms with Crippen molar-refractivity contribution in [1.29, 1.82) is 0 Å². The monoisotopic (exact) mass is 325 g/mol. The van der Waals surface area contributed by atoms with Crippen LogP contribution < -0.4 is 10.1 Å². The lowest BCUT2D eigenvalue weighted by Crippen LogP contribution is -2.31. The van der Waals surface area contributed by atoms with Gasteiger partial charge in [-0.3, -0.25) is 4.79 Å². The second-order valence-corrected chi connectivity index (χ2v) is 6.06. The number of fused-ring (bicyclic) bond motifs is 1. The lowest BCUT2D eigenvalue weighted by Gasteiger charge is -2.31. The Kier molecular flexibility index (Phi) is 3.76. The van der Waals surface area contributed by atoms with E-state index in [2.05, 4.69) is 27.8 Å². The van der Waals surface area contributed by atoms with Crippen LogP contribution in [0, 0.1) is 0 Å². The van der Waals surface area contributed by atoms with E-state index in [0.717, 1.165) is 41.8 Å². The van der Waals surface area contributed by atoms with Gasteiger partial charge in [0.2, 0.25) is 5.95 Å². The lowest BCUT2D eigenvalue weighted by molar-refractivity contribution is -0.116. The fourth-order valence-corrected chi connectivity index (χ4v) is 3.32. The minimum Gasteiger partial charge on any atom is -0.494 e. The third-order valence-corrected chi connectivity index (χ3v) is 4.38. The lowest BCUT2D eigenvalue weighted by atomic mass is 9.85. The molecule has 1 unspecified atom stereocenters. The number of allylic oxidation sites excluding steroid dienone is 2. The van der Waals surface area contributed by atoms with Gasteiger partial charge in [-0.05, 0) is 47.4 Å². The van der Waals surface area contributed by atoms with Crippen molar-refractivity contribution < 1.29 is 9.53 Å². The molecule has 7 nitrogen and oxygen atoms in total. The van der Waals surface area contributed by atoms with Crippen LogP contribution in [0.15, 0.2) is 35.5 Å². The van der Waals surface area contributed by atoms with Crippen LogP contribution in [-0.4, -0.2) is 32.6 Å². The Morgan fingerprint density at radius 2 is 2.29 bits per heavy atom. The number of anilines is 1. The van der Waals surface area contributed by atoms with E-state index >= 15 is 0 Å². The summed E-state index contributed by atoms with van der Waals surface area (Å²) in [4.78, 5) is 12.6. The zero-order chi connectivity index (χ0) is 16.5. The molecule has 0 fully saturated rings. The summed E-state index contributed by atoms with van der Waals surface area (Å²) in [6.07, 6.45) is 3.22. The molecule has 1 aliphatic carbocycles. The van der Waals surface area contributed by atoms with Crippen molar-refractivity contribution in [2.24, 2.45) is 0 Å². The van der Waals surface area contributed by atoms with Crippen LogP contribution >= 0.6 is 0 Å². The van der Waals surface area contributed by atoms with Crippen molar-refractivity contribution in [3.8, 4) is 5.75 Å². The largest absolute Gasteiger partial charge is 0.494 e. The van der Waals surface area contributed by atoms with E-state index in [4.69, 9.17) is 4.74 Å². The van der Waals surface area contributed by atoms with Crippen LogP contribution in [0.25, 0.3) is 0 Å². The van der Waals surface area contributed by atoms with Gasteiger partial charge >= 0.3 is 0 Å². The van der Waals surface area contributed by atoms with Crippen LogP contribution in [0.1, 0.15) is 44.2 Å². The van der Waals surface area contributed by atoms with Crippen LogP contribution in [-0.2, 0) is 4.79 Å². The molecule has 0 spiro atoms. The van der Waals surface area contributed by atoms with E-state index in [0.29, 0.717) is 19.0 Å². The predicted octanol–water partition coefficient (Wildman–Crippen LogP) is 2.48. The SMILES string of the molecule is CCCOc1cccc(C2C3=C(CCCC3=O)Nc3nnnn32)c1. The number of carbonyl (C=O) groups excluding carboxylic acids is 1. The summed E-state index contributed by atoms with van der Waals surface area (Å²) >= 11 is 0. The fourth-order valence-electron chi connectivity index (χ4n) is 3.32. The first kappa shape index (κ1) is 14.9. The van der Waals surface area contributed by atoms with E-state index in [1.165, 1.54) is 0 Å². The number of Topliss-reactive ketones (excluding diaryl/α,β-unsaturated/α-hetero) is 1. The molecule has 7 heteroatoms. The number of ether oxygens (including phenoxy) is 1. The number of nitrogens with zero attached hydrogens (tertiary/aromatic N) is 4. The van der Waals surface area contributed by atoms with E-state index < -0.39 is 0 Å². The highest BCUT2D eigenvalue weighted by Crippen LogP contribution is 2.39. The zero-order valence-corrected chi connectivity index (χ0v) is 13.5. The smallest absolute Gasteiger partial charge is 0.248 e. The Morgan fingerprint density at radius 3 is 3.17 bits per heavy atom. The summed E-state index contributed by atoms with van der Waals surface area (Å²) in [5, 5.41) is 15.1. The molecule has 0 radical (unpaired) electrons. The molecule has 2 heterocycles. The summed E-state index contributed by atoms with van der Waals surface area (Å²) in [5.74, 6) is 1.54. The maximum Gasteiger partial charge on any atom is 0.248 e. The Balaban J connectivity index is 1.80. The molecule has 2 aromatic rings. The van der Waals surface area contributed by atoms with Gasteiger partial charge in [0.05, 0.1) is 6.61 Å². The van der Waals surface area contributed by atoms with Crippen LogP contribution in [0.3, 0.4) is 0 Å². The molecule has 124 valence electrons. The van der Waals surface area contributed by atoms with Crippen LogP contribution in [0.5, 0.6) is 5.75 Å². The number of rotatable bonds is 4. The van der Waals surface area contributed by atoms with Gasteiger partial charge in [0, 0.05) is 17.7 Å². The molecule has 0 saturated heterocycles. The van der Waals surface area contributed by atoms with E-state index in [1.54, 1.807) is 4.68 Å². The molecule has 4 rings (SSSR count). The maximum atomic E-state index is 12.6. The number of hydrogen-bond acceptors (Lipinski definition) is 6. The summed E-state index contributed by atoms with van der Waals surface area (Å²) < 4.78 is 7.42. The molecule has 0 amide bonds. The molecular formula is C17H19N5O2. The third-order valence-electron chi connectivity index (χ3n) is 4.38. The Morgan fingerprint density at radius 1 is 1.38 bits per heavy atom. The fraction of sp³-hybridized carbons (Fsp3) is 0.412. The van der Waals surface area contributed by atoms with Gasteiger partial charge in [-0.15, -0.1) is 0 Å². The normalized spacial score (nSPS) is 19.5. The number of aromatic nitrogens is 4. The number of hydrogen-bond donors (Lipinski definition) is 1. The predicted molar refractivity (Wildman–Crippen MR) is 87.7 cm³/mol. The molecule has 0 saturated carbocycles. The Hall–Kier alpha value is -2.70. The van der Waals surface area contributed by atoms with E-state index in [-0.39, 0.29) is 11.8 Å². The Labute approximate surface area is 139 Å². The van der Waals surface area contributed by atoms with E-state index in [9.17, 15) is 4.79 Å². The highest BCUT2D eigenvalue weighted by atomic mass is 16.5. The Bertz CT molecular complexity index is 811. The summed E-state index contributed by atoms with van der Waals surface area (Å²) in [7, 11) is 0. The van der Waals surface area contributed by atoms with Gasteiger partial charge in [-0.1, -0.05) is 24.2 Å². The summed E-state index contributed by atoms with van der Waals surface area (Å²) in [5.41, 5.74) is 2.67. The summed E-state index contributed by atoms with van der Waals surface area (Å²) in [6, 6.07) is 7.54. The molecule has 1 aromatic heterocycles. The minimum atomic E-state index is -0.302. The minimum absolute atomic E-state index is 0.162. The quantitative estimate of drug-likeness (QED) is 0.930. The molecule has 1 aromatic carbocycles. The van der Waals surface area contributed by atoms with Gasteiger partial charge in [0.15, 0.2) is 5.78 Å². The van der Waals surface area contributed by atoms with Crippen molar-refractivity contribution in [2.75, 3.05) is 11.9 Å². The van der Waals surface area contributed by atoms with Gasteiger partial charge in [0.1, 0.15) is 11.8 Å². The van der Waals surface area contributed by atoms with Crippen LogP contribution in [0.4, 0.5) is 5.95 Å². The second-order valence-electron chi connectivity index (χ2n) is 6.06. The second kappa shape index (κ2) is 6.07. The molecule has 24 heavy (non-hydrogen) atoms. The highest BCUT2D eigenvalue weighted by Gasteiger charge is 2.36. The highest BCUT2D eigenvalue weighted by molar-refractivity contribution is 5.99. The zero-order valence-electron chi connectivity index (χ0n) is 13.5. The molecule has 1 atom stereocenters. The number of tetrazole rings is 1. The van der Waals surface area contributed by atoms with Gasteiger partial charge in [0.25, 0.3) is 0 Å². The first-order valence-electron chi connectivity index (χ1n) is 8.32. The molecule has 1 aliphatic heterocycles. The van der Waals surface area contributed by atoms with Crippen molar-refractivity contribution >= 4 is 11.7 Å². The van der Waals surface area contributed by atoms with Crippen molar-refractivity contribution in [3.05, 3.63) is 41.1 Å². The van der Waals surface area contributed by atoms with Crippen molar-refractivity contribution in [3.63, 3.8) is 0 Å². The molecule has 0 bridgehead atoms. The average Bonchev–Trinajstić information content (AvgIpc) is 3.06. The number of nitrogens with one attached hydrogen (secondary N) is 1. The van der Waals surface area contributed by atoms with E-state index in [1.807, 2.05) is 24.3 Å². The molecule has 1 N–H and O–H groups in total. The maximum absolute atomic E-state index is 12.6. The number of carbonyl (C=O) groups is 1. The summed E-state index contributed by atoms with van der Waals surface area (Å²) in [6.45, 7) is 2.74. The van der Waals surface area contributed by atoms with Crippen LogP contribution in [0.2, 0.25) is 0 Å². The number of ketones is 1. The average molecular weight is 325 g/mol.